The second kappa shape index (κ2) is 10.2. The van der Waals surface area contributed by atoms with Gasteiger partial charge in [0.15, 0.2) is 0 Å². The zero-order chi connectivity index (χ0) is 14.0. The maximum atomic E-state index is 2.44. The van der Waals surface area contributed by atoms with Crippen LogP contribution in [0.5, 0.6) is 0 Å². The summed E-state index contributed by atoms with van der Waals surface area (Å²) >= 11 is 0. The summed E-state index contributed by atoms with van der Waals surface area (Å²) in [6, 6.07) is 0. The van der Waals surface area contributed by atoms with Crippen LogP contribution in [0.15, 0.2) is 34.9 Å². The summed E-state index contributed by atoms with van der Waals surface area (Å²) in [5.41, 5.74) is 4.49. The molecule has 0 aromatic heterocycles. The van der Waals surface area contributed by atoms with Crippen molar-refractivity contribution in [1.29, 1.82) is 0 Å². The average molecular weight is 248 g/mol. The predicted octanol–water partition coefficient (Wildman–Crippen LogP) is 6.45. The molecule has 0 radical (unpaired) electrons. The van der Waals surface area contributed by atoms with Crippen LogP contribution in [0.25, 0.3) is 0 Å². The molecule has 0 spiro atoms. The van der Waals surface area contributed by atoms with E-state index in [1.165, 1.54) is 43.3 Å². The predicted molar refractivity (Wildman–Crippen MR) is 84.9 cm³/mol. The third-order valence-electron chi connectivity index (χ3n) is 3.34. The smallest absolute Gasteiger partial charge is 0.0194 e. The van der Waals surface area contributed by atoms with Gasteiger partial charge < -0.3 is 0 Å². The summed E-state index contributed by atoms with van der Waals surface area (Å²) in [7, 11) is 0. The lowest BCUT2D eigenvalue weighted by Gasteiger charge is -2.13. The monoisotopic (exact) mass is 248 g/mol. The maximum Gasteiger partial charge on any atom is -0.0194 e. The summed E-state index contributed by atoms with van der Waals surface area (Å²) in [5, 5.41) is 0. The van der Waals surface area contributed by atoms with E-state index in [4.69, 9.17) is 0 Å². The Hall–Kier alpha value is -0.780. The molecule has 0 aliphatic heterocycles. The van der Waals surface area contributed by atoms with Gasteiger partial charge in [0.2, 0.25) is 0 Å². The van der Waals surface area contributed by atoms with E-state index in [2.05, 4.69) is 59.8 Å². The molecule has 0 heterocycles. The molecule has 0 aliphatic carbocycles. The molecule has 1 unspecified atom stereocenters. The summed E-state index contributed by atoms with van der Waals surface area (Å²) < 4.78 is 0. The molecule has 0 fully saturated rings. The molecule has 0 saturated heterocycles. The number of rotatable bonds is 8. The molecule has 0 nitrogen and oxygen atoms in total. The van der Waals surface area contributed by atoms with E-state index in [0.717, 1.165) is 5.92 Å². The lowest BCUT2D eigenvalue weighted by Crippen LogP contribution is -1.98. The van der Waals surface area contributed by atoms with Crippen LogP contribution in [0.1, 0.15) is 73.6 Å². The first-order valence-corrected chi connectivity index (χ1v) is 7.42. The van der Waals surface area contributed by atoms with Crippen LogP contribution in [0.2, 0.25) is 0 Å². The topological polar surface area (TPSA) is 0 Å². The fraction of sp³-hybridized carbons (Fsp3) is 0.667. The highest BCUT2D eigenvalue weighted by atomic mass is 14.1. The van der Waals surface area contributed by atoms with E-state index in [1.54, 1.807) is 5.57 Å². The van der Waals surface area contributed by atoms with E-state index in [1.807, 2.05) is 0 Å². The van der Waals surface area contributed by atoms with E-state index in [0.29, 0.717) is 0 Å². The highest BCUT2D eigenvalue weighted by Crippen LogP contribution is 2.20. The molecule has 0 heteroatoms. The first-order valence-electron chi connectivity index (χ1n) is 7.42. The molecule has 18 heavy (non-hydrogen) atoms. The Morgan fingerprint density at radius 2 is 1.72 bits per heavy atom. The average Bonchev–Trinajstić information content (AvgIpc) is 2.28. The van der Waals surface area contributed by atoms with Gasteiger partial charge in [0, 0.05) is 0 Å². The maximum absolute atomic E-state index is 2.44. The molecular formula is C18H32. The van der Waals surface area contributed by atoms with Crippen LogP contribution in [0, 0.1) is 5.92 Å². The van der Waals surface area contributed by atoms with Crippen LogP contribution in [-0.2, 0) is 0 Å². The zero-order valence-corrected chi connectivity index (χ0v) is 13.3. The van der Waals surface area contributed by atoms with Crippen molar-refractivity contribution in [2.24, 2.45) is 5.92 Å². The van der Waals surface area contributed by atoms with Crippen molar-refractivity contribution in [1.82, 2.24) is 0 Å². The Balaban J connectivity index is 4.27. The molecule has 104 valence electrons. The Labute approximate surface area is 115 Å². The van der Waals surface area contributed by atoms with Gasteiger partial charge in [0.1, 0.15) is 0 Å². The Bertz CT molecular complexity index is 298. The molecule has 0 amide bonds. The van der Waals surface area contributed by atoms with Crippen molar-refractivity contribution >= 4 is 0 Å². The second-order valence-electron chi connectivity index (χ2n) is 5.72. The Morgan fingerprint density at radius 1 is 1.06 bits per heavy atom. The molecule has 0 bridgehead atoms. The minimum atomic E-state index is 0.735. The van der Waals surface area contributed by atoms with Crippen LogP contribution in [0.4, 0.5) is 0 Å². The van der Waals surface area contributed by atoms with E-state index < -0.39 is 0 Å². The second-order valence-corrected chi connectivity index (χ2v) is 5.72. The lowest BCUT2D eigenvalue weighted by molar-refractivity contribution is 0.570. The SMILES string of the molecule is CC=C(C)CCC=C(C)CC(C=C(C)C)CCC. The normalized spacial score (nSPS) is 14.6. The van der Waals surface area contributed by atoms with E-state index in [9.17, 15) is 0 Å². The van der Waals surface area contributed by atoms with Gasteiger partial charge >= 0.3 is 0 Å². The summed E-state index contributed by atoms with van der Waals surface area (Å²) in [5.74, 6) is 0.735. The quantitative estimate of drug-likeness (QED) is 0.433. The van der Waals surface area contributed by atoms with Crippen LogP contribution < -0.4 is 0 Å². The van der Waals surface area contributed by atoms with Gasteiger partial charge in [-0.1, -0.05) is 48.3 Å². The lowest BCUT2D eigenvalue weighted by atomic mass is 9.93. The Kier molecular flexibility index (Phi) is 9.73. The van der Waals surface area contributed by atoms with Crippen molar-refractivity contribution in [3.05, 3.63) is 34.9 Å². The largest absolute Gasteiger partial charge is 0.0887 e. The van der Waals surface area contributed by atoms with E-state index >= 15 is 0 Å². The molecule has 0 N–H and O–H groups in total. The first kappa shape index (κ1) is 17.2. The molecule has 0 saturated carbocycles. The zero-order valence-electron chi connectivity index (χ0n) is 13.3. The van der Waals surface area contributed by atoms with Gasteiger partial charge in [-0.2, -0.15) is 0 Å². The third-order valence-corrected chi connectivity index (χ3v) is 3.34. The molecule has 0 aliphatic rings. The van der Waals surface area contributed by atoms with Gasteiger partial charge in [-0.3, -0.25) is 0 Å². The standard InChI is InChI=1S/C18H32/c1-7-10-18(13-15(3)4)14-17(6)12-9-11-16(5)8-2/h8,12-13,18H,7,9-11,14H2,1-6H3. The van der Waals surface area contributed by atoms with Crippen molar-refractivity contribution in [2.75, 3.05) is 0 Å². The number of hydrogen-bond donors (Lipinski definition) is 0. The van der Waals surface area contributed by atoms with Crippen LogP contribution in [-0.4, -0.2) is 0 Å². The summed E-state index contributed by atoms with van der Waals surface area (Å²) in [6.07, 6.45) is 13.3. The van der Waals surface area contributed by atoms with Crippen molar-refractivity contribution in [2.45, 2.75) is 73.6 Å². The van der Waals surface area contributed by atoms with Crippen LogP contribution in [0.3, 0.4) is 0 Å². The molecule has 0 aromatic rings. The highest BCUT2D eigenvalue weighted by molar-refractivity contribution is 5.07. The first-order chi connectivity index (χ1) is 8.49. The van der Waals surface area contributed by atoms with Gasteiger partial charge in [-0.25, -0.2) is 0 Å². The number of allylic oxidation sites excluding steroid dienone is 6. The fourth-order valence-corrected chi connectivity index (χ4v) is 2.27. The van der Waals surface area contributed by atoms with Crippen molar-refractivity contribution in [3.8, 4) is 0 Å². The van der Waals surface area contributed by atoms with Gasteiger partial charge in [-0.05, 0) is 66.2 Å². The minimum absolute atomic E-state index is 0.735. The fourth-order valence-electron chi connectivity index (χ4n) is 2.27. The third kappa shape index (κ3) is 9.27. The van der Waals surface area contributed by atoms with Crippen molar-refractivity contribution in [3.63, 3.8) is 0 Å². The van der Waals surface area contributed by atoms with Crippen LogP contribution >= 0.6 is 0 Å². The summed E-state index contributed by atoms with van der Waals surface area (Å²) in [6.45, 7) is 13.3. The summed E-state index contributed by atoms with van der Waals surface area (Å²) in [4.78, 5) is 0. The molecule has 1 atom stereocenters. The molecular weight excluding hydrogens is 216 g/mol. The Morgan fingerprint density at radius 3 is 2.22 bits per heavy atom. The highest BCUT2D eigenvalue weighted by Gasteiger charge is 2.05. The van der Waals surface area contributed by atoms with Gasteiger partial charge in [0.25, 0.3) is 0 Å². The molecule has 0 rings (SSSR count). The number of hydrogen-bond acceptors (Lipinski definition) is 0. The van der Waals surface area contributed by atoms with Gasteiger partial charge in [-0.15, -0.1) is 0 Å². The van der Waals surface area contributed by atoms with E-state index in [-0.39, 0.29) is 0 Å². The molecule has 0 aromatic carbocycles. The minimum Gasteiger partial charge on any atom is -0.0887 e. The van der Waals surface area contributed by atoms with Gasteiger partial charge in [0.05, 0.1) is 0 Å². The van der Waals surface area contributed by atoms with Crippen molar-refractivity contribution < 1.29 is 0 Å².